The third kappa shape index (κ3) is 5.25. The van der Waals surface area contributed by atoms with Gasteiger partial charge in [0.15, 0.2) is 0 Å². The lowest BCUT2D eigenvalue weighted by atomic mass is 10.1. The van der Waals surface area contributed by atoms with E-state index in [1.165, 1.54) is 37.4 Å². The summed E-state index contributed by atoms with van der Waals surface area (Å²) in [6.07, 6.45) is 0.0505. The smallest absolute Gasteiger partial charge is 0.352 e. The number of nitrogens with zero attached hydrogens (tertiary/aromatic N) is 9. The van der Waals surface area contributed by atoms with Gasteiger partial charge in [-0.1, -0.05) is 18.7 Å². The fraction of sp³-hybridized carbons (Fsp3) is 0.467. The second kappa shape index (κ2) is 11.5. The van der Waals surface area contributed by atoms with Crippen LogP contribution in [0.1, 0.15) is 30.4 Å². The molecule has 5 heterocycles. The van der Waals surface area contributed by atoms with Gasteiger partial charge in [0.05, 0.1) is 41.4 Å². The maximum atomic E-state index is 14.1. The molecule has 3 saturated heterocycles. The number of aryl methyl sites for hydroxylation is 1. The topological polar surface area (TPSA) is 114 Å². The van der Waals surface area contributed by atoms with Crippen molar-refractivity contribution in [3.8, 4) is 11.8 Å². The highest BCUT2D eigenvalue weighted by atomic mass is 19.4. The van der Waals surface area contributed by atoms with Crippen LogP contribution in [0.25, 0.3) is 16.6 Å². The zero-order valence-corrected chi connectivity index (χ0v) is 24.3. The number of fused-ring (bicyclic) bond motifs is 2. The largest absolute Gasteiger partial charge is 0.418 e. The quantitative estimate of drug-likeness (QED) is 0.404. The van der Waals surface area contributed by atoms with Crippen molar-refractivity contribution >= 4 is 28.6 Å². The second-order valence-electron chi connectivity index (χ2n) is 11.4. The molecule has 3 aliphatic rings. The summed E-state index contributed by atoms with van der Waals surface area (Å²) in [4.78, 5) is 44.0. The molecule has 0 saturated carbocycles. The maximum Gasteiger partial charge on any atom is 0.418 e. The van der Waals surface area contributed by atoms with Gasteiger partial charge in [-0.05, 0) is 44.0 Å². The number of nitriles is 1. The van der Waals surface area contributed by atoms with Gasteiger partial charge < -0.3 is 14.7 Å². The minimum atomic E-state index is -4.71. The van der Waals surface area contributed by atoms with Crippen LogP contribution in [0, 0.1) is 18.3 Å². The van der Waals surface area contributed by atoms with Crippen molar-refractivity contribution in [1.29, 1.82) is 5.26 Å². The number of aromatic nitrogens is 4. The van der Waals surface area contributed by atoms with Crippen molar-refractivity contribution in [2.75, 3.05) is 55.6 Å². The average Bonchev–Trinajstić information content (AvgIpc) is 3.48. The molecule has 6 rings (SSSR count). The summed E-state index contributed by atoms with van der Waals surface area (Å²) in [7, 11) is 0. The molecule has 3 aromatic rings. The molecule has 3 aliphatic heterocycles. The van der Waals surface area contributed by atoms with Gasteiger partial charge in [-0.15, -0.1) is 0 Å². The highest BCUT2D eigenvalue weighted by Crippen LogP contribution is 2.36. The van der Waals surface area contributed by atoms with Crippen molar-refractivity contribution < 1.29 is 18.0 Å². The molecule has 1 aromatic carbocycles. The number of halogens is 3. The van der Waals surface area contributed by atoms with Gasteiger partial charge in [-0.3, -0.25) is 14.5 Å². The van der Waals surface area contributed by atoms with E-state index in [2.05, 4.69) is 27.6 Å². The van der Waals surface area contributed by atoms with Crippen molar-refractivity contribution in [2.45, 2.75) is 44.4 Å². The maximum absolute atomic E-state index is 14.1. The first-order valence-electron chi connectivity index (χ1n) is 14.6. The van der Waals surface area contributed by atoms with Crippen LogP contribution in [0.5, 0.6) is 0 Å². The molecule has 11 nitrogen and oxygen atoms in total. The zero-order chi connectivity index (χ0) is 31.2. The van der Waals surface area contributed by atoms with Crippen LogP contribution >= 0.6 is 0 Å². The molecule has 3 fully saturated rings. The predicted molar refractivity (Wildman–Crippen MR) is 158 cm³/mol. The molecule has 44 heavy (non-hydrogen) atoms. The van der Waals surface area contributed by atoms with E-state index in [1.54, 1.807) is 4.90 Å². The van der Waals surface area contributed by atoms with Gasteiger partial charge in [0.1, 0.15) is 11.3 Å². The van der Waals surface area contributed by atoms with Gasteiger partial charge in [-0.2, -0.15) is 33.2 Å². The van der Waals surface area contributed by atoms with Crippen molar-refractivity contribution in [3.63, 3.8) is 0 Å². The molecule has 2 atom stereocenters. The van der Waals surface area contributed by atoms with E-state index in [-0.39, 0.29) is 41.0 Å². The van der Waals surface area contributed by atoms with E-state index < -0.39 is 23.3 Å². The first kappa shape index (κ1) is 29.6. The number of carbonyl (C=O) groups is 1. The summed E-state index contributed by atoms with van der Waals surface area (Å²) in [5.41, 5.74) is -2.20. The normalized spacial score (nSPS) is 20.9. The molecule has 230 valence electrons. The number of piperazine rings is 2. The van der Waals surface area contributed by atoms with E-state index in [4.69, 9.17) is 4.98 Å². The third-order valence-corrected chi connectivity index (χ3v) is 8.81. The average molecular weight is 608 g/mol. The number of anilines is 2. The lowest BCUT2D eigenvalue weighted by Crippen LogP contribution is -2.55. The van der Waals surface area contributed by atoms with Crippen molar-refractivity contribution in [2.24, 2.45) is 0 Å². The Labute approximate surface area is 251 Å². The Hall–Kier alpha value is -4.51. The zero-order valence-electron chi connectivity index (χ0n) is 24.3. The highest BCUT2D eigenvalue weighted by molar-refractivity contribution is 5.90. The standard InChI is InChI=1S/C30H32F3N9O2/c1-3-24(43)41-15-14-39(18-21(41)9-10-34)27-22-16-35-42(23-8-4-6-19(2)25(23)30(31,32)33)28(44)26(22)36-29(37-27)40-13-12-38-11-5-7-20(38)17-40/h3-4,6,8,16,20-21H,1,5,7,9,11-15,17-18H2,2H3/t20?,21-/m0/s1. The Kier molecular flexibility index (Phi) is 7.75. The number of carbonyl (C=O) groups excluding carboxylic acids is 1. The molecule has 1 amide bonds. The third-order valence-electron chi connectivity index (χ3n) is 8.81. The number of hydrogen-bond acceptors (Lipinski definition) is 9. The van der Waals surface area contributed by atoms with Crippen LogP contribution in [0.15, 0.2) is 41.8 Å². The van der Waals surface area contributed by atoms with Gasteiger partial charge in [0.2, 0.25) is 11.9 Å². The Morgan fingerprint density at radius 3 is 2.68 bits per heavy atom. The molecule has 0 bridgehead atoms. The Balaban J connectivity index is 1.50. The van der Waals surface area contributed by atoms with E-state index in [1.807, 2.05) is 9.80 Å². The number of rotatable bonds is 5. The van der Waals surface area contributed by atoms with Crippen LogP contribution in [0.2, 0.25) is 0 Å². The Morgan fingerprint density at radius 2 is 1.93 bits per heavy atom. The van der Waals surface area contributed by atoms with E-state index in [0.29, 0.717) is 44.0 Å². The molecular weight excluding hydrogens is 575 g/mol. The summed E-state index contributed by atoms with van der Waals surface area (Å²) in [5, 5.41) is 14.0. The van der Waals surface area contributed by atoms with E-state index in [9.17, 15) is 28.0 Å². The van der Waals surface area contributed by atoms with Crippen LogP contribution < -0.4 is 15.4 Å². The lowest BCUT2D eigenvalue weighted by molar-refractivity contribution is -0.138. The Morgan fingerprint density at radius 1 is 1.14 bits per heavy atom. The highest BCUT2D eigenvalue weighted by Gasteiger charge is 2.37. The van der Waals surface area contributed by atoms with E-state index in [0.717, 1.165) is 30.6 Å². The van der Waals surface area contributed by atoms with E-state index >= 15 is 0 Å². The van der Waals surface area contributed by atoms with Gasteiger partial charge >= 0.3 is 6.18 Å². The first-order chi connectivity index (χ1) is 21.1. The summed E-state index contributed by atoms with van der Waals surface area (Å²) < 4.78 is 43.2. The number of benzene rings is 1. The fourth-order valence-corrected chi connectivity index (χ4v) is 6.66. The molecule has 0 aliphatic carbocycles. The lowest BCUT2D eigenvalue weighted by Gasteiger charge is -2.41. The number of alkyl halides is 3. The molecular formula is C30H32F3N9O2. The van der Waals surface area contributed by atoms with Gasteiger partial charge in [0, 0.05) is 45.3 Å². The molecule has 0 spiro atoms. The summed E-state index contributed by atoms with van der Waals surface area (Å²) in [6, 6.07) is 6.03. The number of amides is 1. The monoisotopic (exact) mass is 607 g/mol. The molecule has 2 aromatic heterocycles. The summed E-state index contributed by atoms with van der Waals surface area (Å²) in [5.74, 6) is 0.427. The second-order valence-corrected chi connectivity index (χ2v) is 11.4. The van der Waals surface area contributed by atoms with Gasteiger partial charge in [0.25, 0.3) is 5.56 Å². The van der Waals surface area contributed by atoms with Gasteiger partial charge in [-0.25, -0.2) is 4.98 Å². The van der Waals surface area contributed by atoms with Crippen LogP contribution in [0.3, 0.4) is 0 Å². The predicted octanol–water partition coefficient (Wildman–Crippen LogP) is 2.90. The summed E-state index contributed by atoms with van der Waals surface area (Å²) in [6.45, 7) is 8.96. The first-order valence-corrected chi connectivity index (χ1v) is 14.6. The fourth-order valence-electron chi connectivity index (χ4n) is 6.66. The van der Waals surface area contributed by atoms with Crippen molar-refractivity contribution in [1.82, 2.24) is 29.5 Å². The molecule has 0 N–H and O–H groups in total. The van der Waals surface area contributed by atoms with Crippen LogP contribution in [-0.4, -0.2) is 93.4 Å². The van der Waals surface area contributed by atoms with Crippen molar-refractivity contribution in [3.05, 3.63) is 58.5 Å². The minimum Gasteiger partial charge on any atom is -0.352 e. The number of hydrogen-bond donors (Lipinski definition) is 0. The SMILES string of the molecule is C=CC(=O)N1CCN(c2nc(N3CCN4CCCC4C3)nc3c(=O)n(-c4cccc(C)c4C(F)(F)F)ncc23)C[C@@H]1CC#N. The molecule has 14 heteroatoms. The molecule has 0 radical (unpaired) electrons. The van der Waals surface area contributed by atoms with Crippen LogP contribution in [0.4, 0.5) is 24.9 Å². The van der Waals surface area contributed by atoms with Crippen LogP contribution in [-0.2, 0) is 11.0 Å². The minimum absolute atomic E-state index is 0.0298. The summed E-state index contributed by atoms with van der Waals surface area (Å²) >= 11 is 0. The molecule has 1 unspecified atom stereocenters. The Bertz CT molecular complexity index is 1720.